The molecule has 8 heteroatoms. The van der Waals surface area contributed by atoms with Gasteiger partial charge in [-0.3, -0.25) is 4.68 Å². The topological polar surface area (TPSA) is 114 Å². The molecule has 1 aromatic carbocycles. The summed E-state index contributed by atoms with van der Waals surface area (Å²) < 4.78 is 1.71. The molecule has 0 aliphatic rings. The van der Waals surface area contributed by atoms with Crippen LogP contribution >= 0.6 is 0 Å². The fourth-order valence-corrected chi connectivity index (χ4v) is 2.88. The quantitative estimate of drug-likeness (QED) is 0.480. The summed E-state index contributed by atoms with van der Waals surface area (Å²) in [5.74, 6) is 1.17. The highest BCUT2D eigenvalue weighted by Crippen LogP contribution is 2.25. The number of rotatable bonds is 8. The molecule has 0 saturated heterocycles. The molecule has 0 bridgehead atoms. The Morgan fingerprint density at radius 2 is 1.96 bits per heavy atom. The number of aryl methyl sites for hydroxylation is 1. The highest BCUT2D eigenvalue weighted by atomic mass is 16.3. The maximum Gasteiger partial charge on any atom is 0.226 e. The first-order valence-electron chi connectivity index (χ1n) is 9.03. The van der Waals surface area contributed by atoms with E-state index in [9.17, 15) is 5.11 Å². The number of benzene rings is 1. The van der Waals surface area contributed by atoms with E-state index in [1.807, 2.05) is 51.2 Å². The van der Waals surface area contributed by atoms with Gasteiger partial charge in [0.05, 0.1) is 11.6 Å². The lowest BCUT2D eigenvalue weighted by Crippen LogP contribution is -2.32. The Hall–Kier alpha value is -2.71. The number of hydrogen-bond acceptors (Lipinski definition) is 7. The Balaban J connectivity index is 1.84. The van der Waals surface area contributed by atoms with Crippen LogP contribution in [-0.4, -0.2) is 43.5 Å². The zero-order chi connectivity index (χ0) is 19.4. The van der Waals surface area contributed by atoms with Crippen LogP contribution in [0.4, 0.5) is 11.8 Å². The summed E-state index contributed by atoms with van der Waals surface area (Å²) >= 11 is 0. The van der Waals surface area contributed by atoms with Crippen LogP contribution in [0.1, 0.15) is 31.9 Å². The first-order chi connectivity index (χ1) is 12.9. The first-order valence-corrected chi connectivity index (χ1v) is 9.03. The molecule has 2 heterocycles. The Morgan fingerprint density at radius 1 is 1.22 bits per heavy atom. The lowest BCUT2D eigenvalue weighted by molar-refractivity contribution is 0.260. The van der Waals surface area contributed by atoms with Crippen LogP contribution in [0.15, 0.2) is 36.5 Å². The number of hydrogen-bond donors (Lipinski definition) is 4. The molecule has 0 spiro atoms. The molecule has 3 aromatic rings. The van der Waals surface area contributed by atoms with Gasteiger partial charge in [0, 0.05) is 31.8 Å². The van der Waals surface area contributed by atoms with Gasteiger partial charge in [-0.05, 0) is 25.8 Å². The van der Waals surface area contributed by atoms with Gasteiger partial charge < -0.3 is 21.5 Å². The van der Waals surface area contributed by atoms with E-state index in [0.717, 1.165) is 16.6 Å². The third kappa shape index (κ3) is 4.53. The molecule has 0 radical (unpaired) electrons. The molecule has 1 atom stereocenters. The van der Waals surface area contributed by atoms with E-state index in [2.05, 4.69) is 25.7 Å². The Bertz CT molecular complexity index is 892. The summed E-state index contributed by atoms with van der Waals surface area (Å²) in [4.78, 5) is 9.19. The number of anilines is 2. The maximum atomic E-state index is 9.29. The normalized spacial score (nSPS) is 12.9. The molecule has 144 valence electrons. The van der Waals surface area contributed by atoms with Gasteiger partial charge in [-0.25, -0.2) is 0 Å². The van der Waals surface area contributed by atoms with Gasteiger partial charge in [-0.2, -0.15) is 15.1 Å². The van der Waals surface area contributed by atoms with E-state index in [0.29, 0.717) is 24.7 Å². The summed E-state index contributed by atoms with van der Waals surface area (Å²) in [7, 11) is 1.84. The van der Waals surface area contributed by atoms with Crippen LogP contribution in [0, 0.1) is 0 Å². The molecule has 27 heavy (non-hydrogen) atoms. The minimum atomic E-state index is -0.316. The van der Waals surface area contributed by atoms with Gasteiger partial charge in [-0.15, -0.1) is 0 Å². The van der Waals surface area contributed by atoms with Crippen molar-refractivity contribution >= 4 is 22.8 Å². The second kappa shape index (κ2) is 7.89. The van der Waals surface area contributed by atoms with Crippen molar-refractivity contribution in [2.75, 3.05) is 23.8 Å². The molecule has 8 nitrogen and oxygen atoms in total. The van der Waals surface area contributed by atoms with Crippen molar-refractivity contribution in [3.8, 4) is 0 Å². The average molecular weight is 369 g/mol. The predicted octanol–water partition coefficient (Wildman–Crippen LogP) is 2.05. The van der Waals surface area contributed by atoms with Crippen molar-refractivity contribution in [1.82, 2.24) is 19.7 Å². The molecule has 1 unspecified atom stereocenters. The molecule has 2 aromatic heterocycles. The van der Waals surface area contributed by atoms with Crippen LogP contribution in [0.3, 0.4) is 0 Å². The van der Waals surface area contributed by atoms with Crippen LogP contribution in [0.5, 0.6) is 0 Å². The summed E-state index contributed by atoms with van der Waals surface area (Å²) in [6, 6.07) is 9.75. The number of nitrogens with one attached hydrogen (secondary N) is 2. The number of aliphatic hydroxyl groups is 1. The number of aromatic nitrogens is 4. The fourth-order valence-electron chi connectivity index (χ4n) is 2.88. The molecular weight excluding hydrogens is 342 g/mol. The lowest BCUT2D eigenvalue weighted by Gasteiger charge is -2.26. The highest BCUT2D eigenvalue weighted by Gasteiger charge is 2.21. The van der Waals surface area contributed by atoms with Crippen LogP contribution < -0.4 is 16.4 Å². The van der Waals surface area contributed by atoms with Gasteiger partial charge in [0.15, 0.2) is 5.65 Å². The van der Waals surface area contributed by atoms with Crippen molar-refractivity contribution in [2.24, 2.45) is 12.8 Å². The van der Waals surface area contributed by atoms with Gasteiger partial charge in [0.25, 0.3) is 0 Å². The van der Waals surface area contributed by atoms with Crippen LogP contribution in [0.2, 0.25) is 0 Å². The molecule has 0 aliphatic carbocycles. The number of fused-ring (bicyclic) bond motifs is 1. The average Bonchev–Trinajstić information content (AvgIpc) is 3.01. The van der Waals surface area contributed by atoms with Crippen molar-refractivity contribution in [3.05, 3.63) is 42.1 Å². The molecule has 0 saturated carbocycles. The zero-order valence-corrected chi connectivity index (χ0v) is 16.0. The predicted molar refractivity (Wildman–Crippen MR) is 108 cm³/mol. The number of nitrogens with two attached hydrogens (primary N) is 1. The largest absolute Gasteiger partial charge is 0.396 e. The van der Waals surface area contributed by atoms with E-state index in [-0.39, 0.29) is 18.2 Å². The molecule has 0 fully saturated rings. The number of nitrogens with zero attached hydrogens (tertiary/aromatic N) is 4. The van der Waals surface area contributed by atoms with Crippen molar-refractivity contribution in [1.29, 1.82) is 0 Å². The Labute approximate surface area is 158 Å². The van der Waals surface area contributed by atoms with Crippen LogP contribution in [-0.2, 0) is 7.05 Å². The van der Waals surface area contributed by atoms with Gasteiger partial charge in [-0.1, -0.05) is 30.3 Å². The van der Waals surface area contributed by atoms with E-state index >= 15 is 0 Å². The lowest BCUT2D eigenvalue weighted by atomic mass is 10.0. The second-order valence-corrected chi connectivity index (χ2v) is 7.28. The van der Waals surface area contributed by atoms with Gasteiger partial charge >= 0.3 is 0 Å². The monoisotopic (exact) mass is 369 g/mol. The van der Waals surface area contributed by atoms with E-state index < -0.39 is 0 Å². The minimum Gasteiger partial charge on any atom is -0.396 e. The van der Waals surface area contributed by atoms with Crippen molar-refractivity contribution in [3.63, 3.8) is 0 Å². The Morgan fingerprint density at radius 3 is 2.67 bits per heavy atom. The third-order valence-corrected chi connectivity index (χ3v) is 4.49. The molecular formula is C19H27N7O. The summed E-state index contributed by atoms with van der Waals surface area (Å²) in [5, 5.41) is 21.0. The third-order valence-electron chi connectivity index (χ3n) is 4.49. The van der Waals surface area contributed by atoms with E-state index in [1.54, 1.807) is 10.9 Å². The molecule has 0 amide bonds. The van der Waals surface area contributed by atoms with Crippen LogP contribution in [0.25, 0.3) is 11.0 Å². The standard InChI is InChI=1S/C19H27N7O/c1-19(2,9-10-27)25-16-14-11-22-26(3)17(14)24-18(23-16)21-12-15(20)13-7-5-4-6-8-13/h4-8,11,15,27H,9-10,12,20H2,1-3H3,(H2,21,23,24,25). The summed E-state index contributed by atoms with van der Waals surface area (Å²) in [5.41, 5.74) is 7.72. The summed E-state index contributed by atoms with van der Waals surface area (Å²) in [6.45, 7) is 4.64. The zero-order valence-electron chi connectivity index (χ0n) is 16.0. The molecule has 0 aliphatic heterocycles. The van der Waals surface area contributed by atoms with E-state index in [1.165, 1.54) is 0 Å². The Kier molecular flexibility index (Phi) is 5.57. The smallest absolute Gasteiger partial charge is 0.226 e. The first kappa shape index (κ1) is 19.1. The van der Waals surface area contributed by atoms with Crippen molar-refractivity contribution < 1.29 is 5.11 Å². The number of aliphatic hydroxyl groups excluding tert-OH is 1. The SMILES string of the molecule is Cn1ncc2c(NC(C)(C)CCO)nc(NCC(N)c3ccccc3)nc21. The maximum absolute atomic E-state index is 9.29. The molecule has 5 N–H and O–H groups in total. The van der Waals surface area contributed by atoms with Gasteiger partial charge in [0.2, 0.25) is 5.95 Å². The highest BCUT2D eigenvalue weighted by molar-refractivity contribution is 5.87. The van der Waals surface area contributed by atoms with Gasteiger partial charge in [0.1, 0.15) is 5.82 Å². The minimum absolute atomic E-state index is 0.0955. The fraction of sp³-hybridized carbons (Fsp3) is 0.421. The second-order valence-electron chi connectivity index (χ2n) is 7.28. The molecule has 3 rings (SSSR count). The van der Waals surface area contributed by atoms with Crippen molar-refractivity contribution in [2.45, 2.75) is 31.8 Å². The van der Waals surface area contributed by atoms with E-state index in [4.69, 9.17) is 5.73 Å². The summed E-state index contributed by atoms with van der Waals surface area (Å²) in [6.07, 6.45) is 2.34.